The molecule has 0 fully saturated rings. The van der Waals surface area contributed by atoms with Crippen LogP contribution in [0.15, 0.2) is 16.6 Å². The van der Waals surface area contributed by atoms with Crippen LogP contribution in [0.2, 0.25) is 0 Å². The highest BCUT2D eigenvalue weighted by molar-refractivity contribution is 9.10. The summed E-state index contributed by atoms with van der Waals surface area (Å²) in [5, 5.41) is 0. The van der Waals surface area contributed by atoms with Gasteiger partial charge in [0, 0.05) is 6.07 Å². The predicted octanol–water partition coefficient (Wildman–Crippen LogP) is 2.91. The van der Waals surface area contributed by atoms with Crippen LogP contribution < -0.4 is 4.74 Å². The van der Waals surface area contributed by atoms with Gasteiger partial charge in [0.15, 0.2) is 0 Å². The first-order chi connectivity index (χ1) is 5.15. The highest BCUT2D eigenvalue weighted by Crippen LogP contribution is 2.28. The number of aryl methyl sites for hydroxylation is 1. The van der Waals surface area contributed by atoms with Crippen LogP contribution in [-0.4, -0.2) is 7.11 Å². The van der Waals surface area contributed by atoms with Gasteiger partial charge in [-0.15, -0.1) is 0 Å². The Morgan fingerprint density at radius 2 is 2.09 bits per heavy atom. The number of ether oxygens (including phenoxy) is 1. The van der Waals surface area contributed by atoms with E-state index in [0.717, 1.165) is 10.0 Å². The number of hydrogen-bond donors (Lipinski definition) is 0. The van der Waals surface area contributed by atoms with Crippen LogP contribution in [0.25, 0.3) is 0 Å². The molecule has 0 aliphatic rings. The van der Waals surface area contributed by atoms with Crippen molar-refractivity contribution in [3.05, 3.63) is 28.0 Å². The normalized spacial score (nSPS) is 9.82. The zero-order chi connectivity index (χ0) is 8.43. The molecule has 11 heavy (non-hydrogen) atoms. The fourth-order valence-corrected chi connectivity index (χ4v) is 1.23. The summed E-state index contributed by atoms with van der Waals surface area (Å²) in [4.78, 5) is 0. The third-order valence-electron chi connectivity index (χ3n) is 1.41. The lowest BCUT2D eigenvalue weighted by Crippen LogP contribution is -1.88. The molecule has 0 atom stereocenters. The summed E-state index contributed by atoms with van der Waals surface area (Å²) >= 11 is 3.28. The van der Waals surface area contributed by atoms with Crippen molar-refractivity contribution in [2.75, 3.05) is 7.11 Å². The fraction of sp³-hybridized carbons (Fsp3) is 0.250. The molecule has 0 unspecified atom stereocenters. The molecule has 1 nitrogen and oxygen atoms in total. The molecular formula is C8H8BrFO. The van der Waals surface area contributed by atoms with Crippen LogP contribution in [0.4, 0.5) is 4.39 Å². The van der Waals surface area contributed by atoms with Crippen molar-refractivity contribution in [1.29, 1.82) is 0 Å². The van der Waals surface area contributed by atoms with Crippen molar-refractivity contribution in [3.8, 4) is 5.75 Å². The van der Waals surface area contributed by atoms with E-state index in [4.69, 9.17) is 4.74 Å². The average molecular weight is 219 g/mol. The Kier molecular flexibility index (Phi) is 2.49. The zero-order valence-corrected chi connectivity index (χ0v) is 7.90. The third kappa shape index (κ3) is 1.71. The molecule has 0 aliphatic heterocycles. The minimum absolute atomic E-state index is 0.275. The fourth-order valence-electron chi connectivity index (χ4n) is 0.843. The smallest absolute Gasteiger partial charge is 0.136 e. The number of rotatable bonds is 1. The highest BCUT2D eigenvalue weighted by Gasteiger charge is 2.04. The van der Waals surface area contributed by atoms with Crippen molar-refractivity contribution in [2.45, 2.75) is 6.92 Å². The minimum Gasteiger partial charge on any atom is -0.495 e. The van der Waals surface area contributed by atoms with Gasteiger partial charge in [-0.1, -0.05) is 0 Å². The monoisotopic (exact) mass is 218 g/mol. The van der Waals surface area contributed by atoms with E-state index in [1.165, 1.54) is 19.2 Å². The Hall–Kier alpha value is -0.570. The number of benzene rings is 1. The molecule has 0 aliphatic carbocycles. The predicted molar refractivity (Wildman–Crippen MR) is 45.4 cm³/mol. The van der Waals surface area contributed by atoms with E-state index in [1.807, 2.05) is 6.92 Å². The molecule has 3 heteroatoms. The van der Waals surface area contributed by atoms with Crippen LogP contribution in [0, 0.1) is 12.7 Å². The second kappa shape index (κ2) is 3.22. The van der Waals surface area contributed by atoms with Gasteiger partial charge in [0.25, 0.3) is 0 Å². The lowest BCUT2D eigenvalue weighted by atomic mass is 10.2. The molecule has 1 aromatic carbocycles. The van der Waals surface area contributed by atoms with E-state index >= 15 is 0 Å². The molecule has 0 saturated heterocycles. The molecule has 0 amide bonds. The van der Waals surface area contributed by atoms with Crippen molar-refractivity contribution in [3.63, 3.8) is 0 Å². The first-order valence-electron chi connectivity index (χ1n) is 3.15. The summed E-state index contributed by atoms with van der Waals surface area (Å²) in [6.07, 6.45) is 0. The number of halogens is 2. The minimum atomic E-state index is -0.275. The molecule has 0 aromatic heterocycles. The van der Waals surface area contributed by atoms with E-state index in [-0.39, 0.29) is 5.82 Å². The standard InChI is InChI=1S/C8H8BrFO/c1-5-3-6(10)4-7(11-2)8(5)9/h3-4H,1-2H3. The third-order valence-corrected chi connectivity index (χ3v) is 2.42. The van der Waals surface area contributed by atoms with Crippen molar-refractivity contribution >= 4 is 15.9 Å². The zero-order valence-electron chi connectivity index (χ0n) is 6.32. The van der Waals surface area contributed by atoms with E-state index in [1.54, 1.807) is 0 Å². The molecule has 60 valence electrons. The van der Waals surface area contributed by atoms with E-state index < -0.39 is 0 Å². The average Bonchev–Trinajstić information content (AvgIpc) is 1.96. The van der Waals surface area contributed by atoms with Gasteiger partial charge in [-0.05, 0) is 34.5 Å². The van der Waals surface area contributed by atoms with E-state index in [2.05, 4.69) is 15.9 Å². The maximum atomic E-state index is 12.7. The summed E-state index contributed by atoms with van der Waals surface area (Å²) in [5.41, 5.74) is 0.835. The first-order valence-corrected chi connectivity index (χ1v) is 3.94. The molecule has 0 spiro atoms. The maximum Gasteiger partial charge on any atom is 0.136 e. The van der Waals surface area contributed by atoms with Gasteiger partial charge < -0.3 is 4.74 Å². The quantitative estimate of drug-likeness (QED) is 0.705. The Labute approximate surface area is 73.3 Å². The van der Waals surface area contributed by atoms with Gasteiger partial charge in [0.1, 0.15) is 11.6 Å². The van der Waals surface area contributed by atoms with Crippen LogP contribution in [0.3, 0.4) is 0 Å². The van der Waals surface area contributed by atoms with Crippen molar-refractivity contribution < 1.29 is 9.13 Å². The van der Waals surface area contributed by atoms with Gasteiger partial charge in [0.2, 0.25) is 0 Å². The van der Waals surface area contributed by atoms with Crippen molar-refractivity contribution in [2.24, 2.45) is 0 Å². The lowest BCUT2D eigenvalue weighted by Gasteiger charge is -2.05. The molecule has 0 radical (unpaired) electrons. The summed E-state index contributed by atoms with van der Waals surface area (Å²) in [7, 11) is 1.51. The number of hydrogen-bond acceptors (Lipinski definition) is 1. The Bertz CT molecular complexity index is 273. The van der Waals surface area contributed by atoms with Crippen LogP contribution in [-0.2, 0) is 0 Å². The second-order valence-electron chi connectivity index (χ2n) is 2.24. The lowest BCUT2D eigenvalue weighted by molar-refractivity contribution is 0.408. The summed E-state index contributed by atoms with van der Waals surface area (Å²) in [6, 6.07) is 2.80. The molecule has 0 bridgehead atoms. The Morgan fingerprint density at radius 1 is 1.45 bits per heavy atom. The largest absolute Gasteiger partial charge is 0.495 e. The van der Waals surface area contributed by atoms with Crippen molar-refractivity contribution in [1.82, 2.24) is 0 Å². The van der Waals surface area contributed by atoms with E-state index in [9.17, 15) is 4.39 Å². The highest BCUT2D eigenvalue weighted by atomic mass is 79.9. The summed E-state index contributed by atoms with van der Waals surface area (Å²) in [6.45, 7) is 1.82. The molecule has 0 N–H and O–H groups in total. The molecule has 1 rings (SSSR count). The van der Waals surface area contributed by atoms with Gasteiger partial charge in [-0.2, -0.15) is 0 Å². The Morgan fingerprint density at radius 3 is 2.64 bits per heavy atom. The molecule has 0 saturated carbocycles. The summed E-state index contributed by atoms with van der Waals surface area (Å²) < 4.78 is 18.4. The second-order valence-corrected chi connectivity index (χ2v) is 3.03. The summed E-state index contributed by atoms with van der Waals surface area (Å²) in [5.74, 6) is 0.255. The van der Waals surface area contributed by atoms with Gasteiger partial charge in [-0.3, -0.25) is 0 Å². The molecule has 0 heterocycles. The number of methoxy groups -OCH3 is 1. The topological polar surface area (TPSA) is 9.23 Å². The molecule has 1 aromatic rings. The van der Waals surface area contributed by atoms with Crippen LogP contribution in [0.5, 0.6) is 5.75 Å². The Balaban J connectivity index is 3.24. The van der Waals surface area contributed by atoms with Gasteiger partial charge in [-0.25, -0.2) is 4.39 Å². The van der Waals surface area contributed by atoms with Gasteiger partial charge in [0.05, 0.1) is 11.6 Å². The van der Waals surface area contributed by atoms with E-state index in [0.29, 0.717) is 5.75 Å². The van der Waals surface area contributed by atoms with Crippen LogP contribution in [0.1, 0.15) is 5.56 Å². The molecular weight excluding hydrogens is 211 g/mol. The first kappa shape index (κ1) is 8.53. The SMILES string of the molecule is COc1cc(F)cc(C)c1Br. The van der Waals surface area contributed by atoms with Gasteiger partial charge >= 0.3 is 0 Å². The van der Waals surface area contributed by atoms with Crippen LogP contribution >= 0.6 is 15.9 Å². The maximum absolute atomic E-state index is 12.7.